The number of fused-ring (bicyclic) bond motifs is 1. The lowest BCUT2D eigenvalue weighted by molar-refractivity contribution is -0.130. The van der Waals surface area contributed by atoms with Gasteiger partial charge in [0.1, 0.15) is 5.57 Å². The van der Waals surface area contributed by atoms with E-state index in [1.54, 1.807) is 34.2 Å². The fourth-order valence-electron chi connectivity index (χ4n) is 2.14. The number of aliphatic carboxylic acids is 1. The van der Waals surface area contributed by atoms with Gasteiger partial charge in [0.15, 0.2) is 4.96 Å². The molecule has 0 saturated carbocycles. The highest BCUT2D eigenvalue weighted by atomic mass is 35.5. The zero-order chi connectivity index (χ0) is 16.6. The third-order valence-electron chi connectivity index (χ3n) is 3.16. The number of carboxylic acid groups (broad SMARTS) is 1. The second-order valence-electron chi connectivity index (χ2n) is 4.60. The van der Waals surface area contributed by atoms with E-state index in [-0.39, 0.29) is 5.57 Å². The molecule has 8 heteroatoms. The normalized spacial score (nSPS) is 11.9. The molecule has 0 radical (unpaired) electrons. The van der Waals surface area contributed by atoms with Gasteiger partial charge < -0.3 is 9.84 Å². The highest BCUT2D eigenvalue weighted by molar-refractivity contribution is 7.15. The van der Waals surface area contributed by atoms with Gasteiger partial charge in [0.2, 0.25) is 0 Å². The molecule has 0 unspecified atom stereocenters. The fraction of sp³-hybridized carbons (Fsp3) is 0.0667. The summed E-state index contributed by atoms with van der Waals surface area (Å²) in [6.45, 7) is 0. The van der Waals surface area contributed by atoms with Crippen LogP contribution in [0.2, 0.25) is 10.0 Å². The van der Waals surface area contributed by atoms with Crippen molar-refractivity contribution in [3.63, 3.8) is 0 Å². The van der Waals surface area contributed by atoms with Crippen LogP contribution in [0.25, 0.3) is 21.8 Å². The van der Waals surface area contributed by atoms with Crippen LogP contribution in [0, 0.1) is 0 Å². The van der Waals surface area contributed by atoms with Gasteiger partial charge in [-0.15, -0.1) is 11.3 Å². The number of thiazole rings is 1. The van der Waals surface area contributed by atoms with Crippen molar-refractivity contribution in [2.24, 2.45) is 0 Å². The zero-order valence-corrected chi connectivity index (χ0v) is 14.1. The summed E-state index contributed by atoms with van der Waals surface area (Å²) < 4.78 is 6.55. The molecule has 1 aromatic carbocycles. The second-order valence-corrected chi connectivity index (χ2v) is 6.28. The number of rotatable bonds is 4. The van der Waals surface area contributed by atoms with Gasteiger partial charge in [-0.2, -0.15) is 0 Å². The first-order valence-corrected chi connectivity index (χ1v) is 8.03. The van der Waals surface area contributed by atoms with Crippen LogP contribution >= 0.6 is 34.5 Å². The summed E-state index contributed by atoms with van der Waals surface area (Å²) in [6, 6.07) is 5.14. The molecule has 118 valence electrons. The molecule has 0 aliphatic heterocycles. The number of aromatic nitrogens is 2. The molecule has 23 heavy (non-hydrogen) atoms. The lowest BCUT2D eigenvalue weighted by Crippen LogP contribution is -2.02. The number of hydrogen-bond donors (Lipinski definition) is 1. The predicted molar refractivity (Wildman–Crippen MR) is 91.1 cm³/mol. The lowest BCUT2D eigenvalue weighted by Gasteiger charge is -2.02. The van der Waals surface area contributed by atoms with Gasteiger partial charge >= 0.3 is 5.97 Å². The average Bonchev–Trinajstić information content (AvgIpc) is 3.05. The molecule has 3 rings (SSSR count). The Morgan fingerprint density at radius 3 is 2.87 bits per heavy atom. The van der Waals surface area contributed by atoms with Crippen LogP contribution in [0.5, 0.6) is 0 Å². The minimum atomic E-state index is -1.08. The molecule has 0 bridgehead atoms. The van der Waals surface area contributed by atoms with Crippen LogP contribution in [0.1, 0.15) is 5.69 Å². The highest BCUT2D eigenvalue weighted by Crippen LogP contribution is 2.32. The summed E-state index contributed by atoms with van der Waals surface area (Å²) in [5, 5.41) is 12.1. The van der Waals surface area contributed by atoms with E-state index in [1.165, 1.54) is 24.7 Å². The van der Waals surface area contributed by atoms with Gasteiger partial charge in [0.05, 0.1) is 29.8 Å². The third kappa shape index (κ3) is 2.93. The molecular weight excluding hydrogens is 359 g/mol. The van der Waals surface area contributed by atoms with Crippen molar-refractivity contribution in [1.82, 2.24) is 9.38 Å². The number of carboxylic acids is 1. The van der Waals surface area contributed by atoms with E-state index in [4.69, 9.17) is 27.9 Å². The van der Waals surface area contributed by atoms with E-state index in [0.29, 0.717) is 26.4 Å². The Kier molecular flexibility index (Phi) is 4.30. The number of methoxy groups -OCH3 is 1. The predicted octanol–water partition coefficient (Wildman–Crippen LogP) is 4.44. The van der Waals surface area contributed by atoms with Crippen LogP contribution < -0.4 is 0 Å². The lowest BCUT2D eigenvalue weighted by atomic mass is 10.2. The number of hydrogen-bond acceptors (Lipinski definition) is 4. The summed E-state index contributed by atoms with van der Waals surface area (Å²) in [6.07, 6.45) is 2.93. The molecule has 2 aromatic heterocycles. The molecule has 0 aliphatic rings. The van der Waals surface area contributed by atoms with Crippen molar-refractivity contribution in [2.75, 3.05) is 7.11 Å². The zero-order valence-electron chi connectivity index (χ0n) is 11.8. The number of nitrogens with zero attached hydrogens (tertiary/aromatic N) is 2. The van der Waals surface area contributed by atoms with Crippen LogP contribution in [-0.2, 0) is 9.53 Å². The van der Waals surface area contributed by atoms with Crippen molar-refractivity contribution >= 4 is 51.0 Å². The number of carbonyl (C=O) groups is 1. The van der Waals surface area contributed by atoms with Crippen LogP contribution in [0.4, 0.5) is 0 Å². The Morgan fingerprint density at radius 1 is 1.43 bits per heavy atom. The summed E-state index contributed by atoms with van der Waals surface area (Å²) in [5.41, 5.74) is 1.90. The van der Waals surface area contributed by atoms with E-state index in [9.17, 15) is 9.90 Å². The molecule has 1 N–H and O–H groups in total. The molecule has 0 fully saturated rings. The first kappa shape index (κ1) is 15.9. The van der Waals surface area contributed by atoms with E-state index < -0.39 is 5.97 Å². The Bertz CT molecular complexity index is 930. The number of benzene rings is 1. The van der Waals surface area contributed by atoms with E-state index in [2.05, 4.69) is 4.98 Å². The Morgan fingerprint density at radius 2 is 2.22 bits per heavy atom. The summed E-state index contributed by atoms with van der Waals surface area (Å²) in [4.78, 5) is 16.5. The van der Waals surface area contributed by atoms with Crippen LogP contribution in [0.15, 0.2) is 36.0 Å². The van der Waals surface area contributed by atoms with Crippen molar-refractivity contribution in [1.29, 1.82) is 0 Å². The molecule has 0 aliphatic carbocycles. The van der Waals surface area contributed by atoms with Crippen molar-refractivity contribution < 1.29 is 14.6 Å². The van der Waals surface area contributed by atoms with Crippen molar-refractivity contribution in [2.45, 2.75) is 0 Å². The standard InChI is InChI=1S/C15H10Cl2N2O3S/c1-22-6-10(14(20)21)13-7-23-15-18-12(5-19(13)15)9-3-2-8(16)4-11(9)17/h2-7H,1H3,(H,20,21). The largest absolute Gasteiger partial charge is 0.503 e. The Labute approximate surface area is 145 Å². The molecule has 5 nitrogen and oxygen atoms in total. The molecule has 3 aromatic rings. The van der Waals surface area contributed by atoms with Crippen molar-refractivity contribution in [3.05, 3.63) is 51.8 Å². The molecular formula is C15H10Cl2N2O3S. The maximum Gasteiger partial charge on any atom is 0.341 e. The highest BCUT2D eigenvalue weighted by Gasteiger charge is 2.18. The second kappa shape index (κ2) is 6.23. The third-order valence-corrected chi connectivity index (χ3v) is 4.55. The van der Waals surface area contributed by atoms with E-state index >= 15 is 0 Å². The smallest absolute Gasteiger partial charge is 0.341 e. The Hall–Kier alpha value is -2.02. The first-order chi connectivity index (χ1) is 11.0. The van der Waals surface area contributed by atoms with Crippen LogP contribution in [-0.4, -0.2) is 27.6 Å². The van der Waals surface area contributed by atoms with Gasteiger partial charge in [-0.3, -0.25) is 4.40 Å². The van der Waals surface area contributed by atoms with Crippen LogP contribution in [0.3, 0.4) is 0 Å². The minimum Gasteiger partial charge on any atom is -0.503 e. The Balaban J connectivity index is 2.14. The molecule has 0 amide bonds. The SMILES string of the molecule is COC=C(C(=O)O)c1csc2nc(-c3ccc(Cl)cc3Cl)cn12. The van der Waals surface area contributed by atoms with Gasteiger partial charge in [0, 0.05) is 22.2 Å². The fourth-order valence-corrected chi connectivity index (χ4v) is 3.52. The van der Waals surface area contributed by atoms with Gasteiger partial charge in [-0.05, 0) is 18.2 Å². The van der Waals surface area contributed by atoms with Crippen molar-refractivity contribution in [3.8, 4) is 11.3 Å². The molecule has 0 spiro atoms. The summed E-state index contributed by atoms with van der Waals surface area (Å²) in [7, 11) is 1.40. The average molecular weight is 369 g/mol. The number of ether oxygens (including phenoxy) is 1. The molecule has 0 atom stereocenters. The maximum absolute atomic E-state index is 11.4. The number of halogens is 2. The quantitative estimate of drug-likeness (QED) is 0.546. The number of imidazole rings is 1. The maximum atomic E-state index is 11.4. The van der Waals surface area contributed by atoms with Gasteiger partial charge in [-0.25, -0.2) is 9.78 Å². The molecule has 0 saturated heterocycles. The topological polar surface area (TPSA) is 63.8 Å². The minimum absolute atomic E-state index is 0.0462. The van der Waals surface area contributed by atoms with E-state index in [1.807, 2.05) is 0 Å². The monoisotopic (exact) mass is 368 g/mol. The first-order valence-electron chi connectivity index (χ1n) is 6.40. The van der Waals surface area contributed by atoms with Gasteiger partial charge in [-0.1, -0.05) is 23.2 Å². The summed E-state index contributed by atoms with van der Waals surface area (Å²) >= 11 is 13.4. The van der Waals surface area contributed by atoms with E-state index in [0.717, 1.165) is 5.56 Å². The summed E-state index contributed by atoms with van der Waals surface area (Å²) in [5.74, 6) is -1.08. The van der Waals surface area contributed by atoms with Gasteiger partial charge in [0.25, 0.3) is 0 Å². The molecule has 2 heterocycles.